The summed E-state index contributed by atoms with van der Waals surface area (Å²) in [6.07, 6.45) is 0.733. The number of hydrogen-bond acceptors (Lipinski definition) is 1. The summed E-state index contributed by atoms with van der Waals surface area (Å²) >= 11 is 5.94. The highest BCUT2D eigenvalue weighted by molar-refractivity contribution is 6.31. The van der Waals surface area contributed by atoms with Crippen molar-refractivity contribution in [1.82, 2.24) is 5.32 Å². The van der Waals surface area contributed by atoms with Crippen molar-refractivity contribution < 1.29 is 4.39 Å². The number of nitrogens with one attached hydrogen (secondary N) is 1. The smallest absolute Gasteiger partial charge is 0.142 e. The van der Waals surface area contributed by atoms with Gasteiger partial charge in [0.1, 0.15) is 5.82 Å². The van der Waals surface area contributed by atoms with Crippen LogP contribution in [0.15, 0.2) is 18.2 Å². The zero-order valence-electron chi connectivity index (χ0n) is 10.3. The van der Waals surface area contributed by atoms with Crippen LogP contribution < -0.4 is 5.32 Å². The van der Waals surface area contributed by atoms with Crippen LogP contribution in [0, 0.1) is 11.2 Å². The molecule has 1 nitrogen and oxygen atoms in total. The summed E-state index contributed by atoms with van der Waals surface area (Å²) in [4.78, 5) is 0. The van der Waals surface area contributed by atoms with Gasteiger partial charge < -0.3 is 5.32 Å². The highest BCUT2D eigenvalue weighted by Gasteiger charge is 2.24. The Morgan fingerprint density at radius 3 is 2.50 bits per heavy atom. The highest BCUT2D eigenvalue weighted by Crippen LogP contribution is 2.26. The maximum Gasteiger partial charge on any atom is 0.142 e. The zero-order chi connectivity index (χ0) is 12.3. The molecular weight excluding hydrogens is 225 g/mol. The standard InChI is InChI=1S/C13H19ClFN/c1-13(2,3)11(16-4)8-9-6-5-7-10(15)12(9)14/h5-7,11,16H,8H2,1-4H3. The van der Waals surface area contributed by atoms with Crippen LogP contribution in [0.4, 0.5) is 4.39 Å². The molecule has 0 aliphatic carbocycles. The van der Waals surface area contributed by atoms with E-state index in [2.05, 4.69) is 26.1 Å². The van der Waals surface area contributed by atoms with Gasteiger partial charge in [-0.1, -0.05) is 44.5 Å². The Kier molecular flexibility index (Phi) is 4.34. The molecule has 1 aromatic carbocycles. The Balaban J connectivity index is 2.91. The lowest BCUT2D eigenvalue weighted by atomic mass is 9.83. The van der Waals surface area contributed by atoms with E-state index >= 15 is 0 Å². The van der Waals surface area contributed by atoms with E-state index < -0.39 is 0 Å². The molecule has 0 spiro atoms. The molecule has 16 heavy (non-hydrogen) atoms. The quantitative estimate of drug-likeness (QED) is 0.855. The second-order valence-electron chi connectivity index (χ2n) is 5.12. The molecule has 0 heterocycles. The Bertz CT molecular complexity index is 357. The summed E-state index contributed by atoms with van der Waals surface area (Å²) in [5.74, 6) is -0.345. The molecule has 0 aliphatic heterocycles. The molecule has 0 radical (unpaired) electrons. The van der Waals surface area contributed by atoms with Crippen LogP contribution in [0.5, 0.6) is 0 Å². The van der Waals surface area contributed by atoms with Gasteiger partial charge in [-0.05, 0) is 30.5 Å². The molecule has 1 rings (SSSR count). The Morgan fingerprint density at radius 2 is 2.00 bits per heavy atom. The maximum absolute atomic E-state index is 13.3. The fraction of sp³-hybridized carbons (Fsp3) is 0.538. The van der Waals surface area contributed by atoms with Crippen LogP contribution in [0.25, 0.3) is 0 Å². The molecule has 1 unspecified atom stereocenters. The van der Waals surface area contributed by atoms with Gasteiger partial charge in [-0.2, -0.15) is 0 Å². The summed E-state index contributed by atoms with van der Waals surface area (Å²) in [5.41, 5.74) is 0.973. The van der Waals surface area contributed by atoms with Gasteiger partial charge in [-0.15, -0.1) is 0 Å². The average Bonchev–Trinajstić information content (AvgIpc) is 2.18. The number of hydrogen-bond donors (Lipinski definition) is 1. The molecule has 0 saturated heterocycles. The number of rotatable bonds is 3. The molecule has 0 amide bonds. The van der Waals surface area contributed by atoms with Crippen molar-refractivity contribution in [2.45, 2.75) is 33.2 Å². The zero-order valence-corrected chi connectivity index (χ0v) is 11.0. The van der Waals surface area contributed by atoms with Gasteiger partial charge in [-0.3, -0.25) is 0 Å². The molecule has 0 aliphatic rings. The second kappa shape index (κ2) is 5.15. The van der Waals surface area contributed by atoms with Crippen LogP contribution in [0.3, 0.4) is 0 Å². The fourth-order valence-electron chi connectivity index (χ4n) is 1.77. The SMILES string of the molecule is CNC(Cc1cccc(F)c1Cl)C(C)(C)C. The lowest BCUT2D eigenvalue weighted by molar-refractivity contribution is 0.279. The molecule has 0 aromatic heterocycles. The third kappa shape index (κ3) is 3.19. The Morgan fingerprint density at radius 1 is 1.38 bits per heavy atom. The first-order chi connectivity index (χ1) is 7.36. The largest absolute Gasteiger partial charge is 0.316 e. The lowest BCUT2D eigenvalue weighted by Crippen LogP contribution is -2.39. The van der Waals surface area contributed by atoms with Gasteiger partial charge in [0.25, 0.3) is 0 Å². The van der Waals surface area contributed by atoms with Crippen LogP contribution in [-0.4, -0.2) is 13.1 Å². The van der Waals surface area contributed by atoms with E-state index in [9.17, 15) is 4.39 Å². The van der Waals surface area contributed by atoms with E-state index in [0.29, 0.717) is 0 Å². The second-order valence-corrected chi connectivity index (χ2v) is 5.50. The topological polar surface area (TPSA) is 12.0 Å². The van der Waals surface area contributed by atoms with E-state index in [0.717, 1.165) is 12.0 Å². The molecule has 90 valence electrons. The summed E-state index contributed by atoms with van der Waals surface area (Å²) in [6.45, 7) is 6.46. The van der Waals surface area contributed by atoms with Crippen molar-refractivity contribution >= 4 is 11.6 Å². The van der Waals surface area contributed by atoms with Crippen molar-refractivity contribution in [2.75, 3.05) is 7.05 Å². The monoisotopic (exact) mass is 243 g/mol. The lowest BCUT2D eigenvalue weighted by Gasteiger charge is -2.30. The third-order valence-electron chi connectivity index (χ3n) is 2.85. The summed E-state index contributed by atoms with van der Waals surface area (Å²) in [7, 11) is 1.92. The van der Waals surface area contributed by atoms with Gasteiger partial charge >= 0.3 is 0 Å². The molecule has 1 N–H and O–H groups in total. The predicted octanol–water partition coefficient (Wildman–Crippen LogP) is 3.66. The number of benzene rings is 1. The fourth-order valence-corrected chi connectivity index (χ4v) is 1.97. The minimum absolute atomic E-state index is 0.115. The minimum Gasteiger partial charge on any atom is -0.316 e. The van der Waals surface area contributed by atoms with Crippen LogP contribution in [0.1, 0.15) is 26.3 Å². The van der Waals surface area contributed by atoms with E-state index in [1.54, 1.807) is 6.07 Å². The Hall–Kier alpha value is -0.600. The van der Waals surface area contributed by atoms with E-state index in [1.807, 2.05) is 13.1 Å². The molecule has 0 saturated carbocycles. The maximum atomic E-state index is 13.3. The van der Waals surface area contributed by atoms with Gasteiger partial charge in [0, 0.05) is 6.04 Å². The number of likely N-dealkylation sites (N-methyl/N-ethyl adjacent to an activating group) is 1. The predicted molar refractivity (Wildman–Crippen MR) is 67.4 cm³/mol. The van der Waals surface area contributed by atoms with Gasteiger partial charge in [0.2, 0.25) is 0 Å². The first-order valence-corrected chi connectivity index (χ1v) is 5.84. The van der Waals surface area contributed by atoms with Gasteiger partial charge in [-0.25, -0.2) is 4.39 Å². The van der Waals surface area contributed by atoms with E-state index in [-0.39, 0.29) is 22.3 Å². The first-order valence-electron chi connectivity index (χ1n) is 5.46. The van der Waals surface area contributed by atoms with Crippen molar-refractivity contribution in [3.05, 3.63) is 34.6 Å². The van der Waals surface area contributed by atoms with Gasteiger partial charge in [0.15, 0.2) is 0 Å². The third-order valence-corrected chi connectivity index (χ3v) is 3.27. The molecule has 0 fully saturated rings. The minimum atomic E-state index is -0.345. The van der Waals surface area contributed by atoms with E-state index in [4.69, 9.17) is 11.6 Å². The van der Waals surface area contributed by atoms with Crippen molar-refractivity contribution in [2.24, 2.45) is 5.41 Å². The summed E-state index contributed by atoms with van der Waals surface area (Å²) in [6, 6.07) is 5.23. The van der Waals surface area contributed by atoms with Crippen LogP contribution >= 0.6 is 11.6 Å². The van der Waals surface area contributed by atoms with Crippen LogP contribution in [0.2, 0.25) is 5.02 Å². The van der Waals surface area contributed by atoms with E-state index in [1.165, 1.54) is 6.07 Å². The molecule has 1 aromatic rings. The van der Waals surface area contributed by atoms with Crippen molar-refractivity contribution in [3.63, 3.8) is 0 Å². The van der Waals surface area contributed by atoms with Crippen molar-refractivity contribution in [1.29, 1.82) is 0 Å². The summed E-state index contributed by atoms with van der Waals surface area (Å²) in [5, 5.41) is 3.50. The molecular formula is C13H19ClFN. The number of halogens is 2. The summed E-state index contributed by atoms with van der Waals surface area (Å²) < 4.78 is 13.3. The molecule has 3 heteroatoms. The first kappa shape index (κ1) is 13.5. The average molecular weight is 244 g/mol. The van der Waals surface area contributed by atoms with Crippen molar-refractivity contribution in [3.8, 4) is 0 Å². The van der Waals surface area contributed by atoms with Crippen LogP contribution in [-0.2, 0) is 6.42 Å². The molecule has 0 bridgehead atoms. The Labute approximate surface area is 102 Å². The van der Waals surface area contributed by atoms with Gasteiger partial charge in [0.05, 0.1) is 5.02 Å². The molecule has 1 atom stereocenters. The normalized spacial score (nSPS) is 13.9. The highest BCUT2D eigenvalue weighted by atomic mass is 35.5.